The normalized spacial score (nSPS) is 14.2. The molecule has 0 aliphatic carbocycles. The Morgan fingerprint density at radius 2 is 2.42 bits per heavy atom. The lowest BCUT2D eigenvalue weighted by molar-refractivity contribution is 0.0693. The van der Waals surface area contributed by atoms with Gasteiger partial charge in [0.1, 0.15) is 11.3 Å². The van der Waals surface area contributed by atoms with Crippen molar-refractivity contribution in [3.63, 3.8) is 0 Å². The number of carboxylic acid groups (broad SMARTS) is 1. The number of hydrogen-bond acceptors (Lipinski definition) is 2. The minimum Gasteiger partial charge on any atom is -0.496 e. The molecular formula is C9H10O3. The van der Waals surface area contributed by atoms with E-state index in [0.29, 0.717) is 0 Å². The molecule has 1 rings (SSSR count). The van der Waals surface area contributed by atoms with Crippen molar-refractivity contribution in [1.29, 1.82) is 0 Å². The molecule has 0 bridgehead atoms. The second kappa shape index (κ2) is 3.26. The number of carboxylic acids is 1. The van der Waals surface area contributed by atoms with E-state index in [4.69, 9.17) is 14.0 Å². The summed E-state index contributed by atoms with van der Waals surface area (Å²) in [5, 5.41) is 8.82. The Labute approximate surface area is 74.8 Å². The van der Waals surface area contributed by atoms with Crippen molar-refractivity contribution in [2.45, 2.75) is 6.85 Å². The zero-order valence-electron chi connectivity index (χ0n) is 9.50. The molecule has 0 saturated heterocycles. The molecule has 0 saturated carbocycles. The molecule has 64 valence electrons. The zero-order chi connectivity index (χ0) is 11.6. The van der Waals surface area contributed by atoms with Crippen LogP contribution in [0.1, 0.15) is 20.0 Å². The van der Waals surface area contributed by atoms with E-state index in [0.717, 1.165) is 0 Å². The summed E-state index contributed by atoms with van der Waals surface area (Å²) in [6, 6.07) is 4.02. The van der Waals surface area contributed by atoms with Crippen molar-refractivity contribution < 1.29 is 18.8 Å². The van der Waals surface area contributed by atoms with Gasteiger partial charge in [0.2, 0.25) is 0 Å². The van der Waals surface area contributed by atoms with E-state index in [1.807, 2.05) is 0 Å². The molecule has 0 radical (unpaired) electrons. The van der Waals surface area contributed by atoms with Crippen molar-refractivity contribution in [1.82, 2.24) is 0 Å². The summed E-state index contributed by atoms with van der Waals surface area (Å²) >= 11 is 0. The average molecular weight is 169 g/mol. The third kappa shape index (κ3) is 1.39. The predicted molar refractivity (Wildman–Crippen MR) is 44.7 cm³/mol. The molecule has 1 aromatic rings. The van der Waals surface area contributed by atoms with Gasteiger partial charge in [0.25, 0.3) is 0 Å². The number of rotatable bonds is 2. The van der Waals surface area contributed by atoms with E-state index in [-0.39, 0.29) is 16.9 Å². The molecule has 12 heavy (non-hydrogen) atoms. The van der Waals surface area contributed by atoms with Crippen LogP contribution in [0.15, 0.2) is 18.2 Å². The highest BCUT2D eigenvalue weighted by Crippen LogP contribution is 2.22. The summed E-state index contributed by atoms with van der Waals surface area (Å²) in [5.74, 6) is -1.32. The lowest BCUT2D eigenvalue weighted by Crippen LogP contribution is -2.01. The smallest absolute Gasteiger partial charge is 0.339 e. The SMILES string of the molecule is [2H]C([2H])([2H])c1cccc(C(=O)O)c1OC. The van der Waals surface area contributed by atoms with Gasteiger partial charge in [-0.25, -0.2) is 4.79 Å². The van der Waals surface area contributed by atoms with Crippen LogP contribution in [0.3, 0.4) is 0 Å². The minimum absolute atomic E-state index is 0.0927. The van der Waals surface area contributed by atoms with Gasteiger partial charge in [-0.05, 0) is 18.5 Å². The van der Waals surface area contributed by atoms with Crippen LogP contribution >= 0.6 is 0 Å². The molecule has 0 aromatic heterocycles. The zero-order valence-corrected chi connectivity index (χ0v) is 6.50. The van der Waals surface area contributed by atoms with Gasteiger partial charge in [0.05, 0.1) is 7.11 Å². The fourth-order valence-corrected chi connectivity index (χ4v) is 0.925. The molecule has 0 atom stereocenters. The van der Waals surface area contributed by atoms with Gasteiger partial charge < -0.3 is 9.84 Å². The Balaban J connectivity index is 3.42. The Hall–Kier alpha value is -1.51. The fourth-order valence-electron chi connectivity index (χ4n) is 0.925. The Kier molecular flexibility index (Phi) is 1.41. The lowest BCUT2D eigenvalue weighted by atomic mass is 10.1. The number of ether oxygens (including phenoxy) is 1. The van der Waals surface area contributed by atoms with Crippen molar-refractivity contribution >= 4 is 5.97 Å². The number of benzene rings is 1. The maximum Gasteiger partial charge on any atom is 0.339 e. The van der Waals surface area contributed by atoms with Crippen LogP contribution in [0.4, 0.5) is 0 Å². The molecule has 0 amide bonds. The molecule has 1 N–H and O–H groups in total. The second-order valence-electron chi connectivity index (χ2n) is 2.19. The van der Waals surface area contributed by atoms with E-state index in [1.165, 1.54) is 25.3 Å². The number of carbonyl (C=O) groups is 1. The topological polar surface area (TPSA) is 46.5 Å². The van der Waals surface area contributed by atoms with E-state index in [2.05, 4.69) is 0 Å². The highest BCUT2D eigenvalue weighted by Gasteiger charge is 2.11. The summed E-state index contributed by atoms with van der Waals surface area (Å²) < 4.78 is 26.5. The van der Waals surface area contributed by atoms with Crippen LogP contribution in [0.5, 0.6) is 5.75 Å². The highest BCUT2D eigenvalue weighted by atomic mass is 16.5. The minimum atomic E-state index is -2.38. The monoisotopic (exact) mass is 169 g/mol. The molecule has 0 unspecified atom stereocenters. The van der Waals surface area contributed by atoms with Gasteiger partial charge in [0.15, 0.2) is 0 Å². The number of aromatic carboxylic acids is 1. The summed E-state index contributed by atoms with van der Waals surface area (Å²) in [7, 11) is 1.25. The number of para-hydroxylation sites is 1. The van der Waals surface area contributed by atoms with Crippen LogP contribution < -0.4 is 4.74 Å². The number of hydrogen-bond donors (Lipinski definition) is 1. The molecule has 0 aliphatic heterocycles. The molecule has 0 spiro atoms. The molecular weight excluding hydrogens is 156 g/mol. The Bertz CT molecular complexity index is 385. The predicted octanol–water partition coefficient (Wildman–Crippen LogP) is 1.70. The molecule has 0 aliphatic rings. The summed E-state index contributed by atoms with van der Waals surface area (Å²) in [5.41, 5.74) is -0.240. The molecule has 3 heteroatoms. The number of aryl methyl sites for hydroxylation is 1. The Morgan fingerprint density at radius 3 is 2.92 bits per heavy atom. The van der Waals surface area contributed by atoms with Crippen molar-refractivity contribution in [2.24, 2.45) is 0 Å². The van der Waals surface area contributed by atoms with Gasteiger partial charge in [-0.1, -0.05) is 12.1 Å². The first-order valence-electron chi connectivity index (χ1n) is 4.78. The maximum atomic E-state index is 10.8. The third-order valence-corrected chi connectivity index (χ3v) is 1.45. The molecule has 0 fully saturated rings. The van der Waals surface area contributed by atoms with Gasteiger partial charge in [-0.2, -0.15) is 0 Å². The first-order chi connectivity index (χ1) is 6.88. The average Bonchev–Trinajstić information content (AvgIpc) is 2.15. The Morgan fingerprint density at radius 1 is 1.67 bits per heavy atom. The quantitative estimate of drug-likeness (QED) is 0.733. The summed E-state index contributed by atoms with van der Waals surface area (Å²) in [6.45, 7) is -2.38. The van der Waals surface area contributed by atoms with E-state index >= 15 is 0 Å². The largest absolute Gasteiger partial charge is 0.496 e. The van der Waals surface area contributed by atoms with Crippen LogP contribution in [-0.2, 0) is 0 Å². The maximum absolute atomic E-state index is 10.8. The standard InChI is InChI=1S/C9H10O3/c1-6-4-3-5-7(9(10)11)8(6)12-2/h3-5H,1-2H3,(H,10,11)/i1D3. The lowest BCUT2D eigenvalue weighted by Gasteiger charge is -2.06. The van der Waals surface area contributed by atoms with Gasteiger partial charge in [0, 0.05) is 4.11 Å². The number of methoxy groups -OCH3 is 1. The first-order valence-corrected chi connectivity index (χ1v) is 3.28. The molecule has 3 nitrogen and oxygen atoms in total. The van der Waals surface area contributed by atoms with Gasteiger partial charge in [-0.15, -0.1) is 0 Å². The van der Waals surface area contributed by atoms with Crippen LogP contribution in [0.25, 0.3) is 0 Å². The van der Waals surface area contributed by atoms with E-state index in [9.17, 15) is 4.79 Å². The van der Waals surface area contributed by atoms with Crippen LogP contribution in [0, 0.1) is 6.85 Å². The van der Waals surface area contributed by atoms with E-state index < -0.39 is 12.8 Å². The fraction of sp³-hybridized carbons (Fsp3) is 0.222. The summed E-state index contributed by atoms with van der Waals surface area (Å²) in [6.07, 6.45) is 0. The van der Waals surface area contributed by atoms with Crippen molar-refractivity contribution in [2.75, 3.05) is 7.11 Å². The van der Waals surface area contributed by atoms with Gasteiger partial charge in [-0.3, -0.25) is 0 Å². The van der Waals surface area contributed by atoms with Crippen molar-refractivity contribution in [3.05, 3.63) is 29.3 Å². The highest BCUT2D eigenvalue weighted by molar-refractivity contribution is 5.91. The van der Waals surface area contributed by atoms with Crippen LogP contribution in [0.2, 0.25) is 0 Å². The molecule has 1 aromatic carbocycles. The third-order valence-electron chi connectivity index (χ3n) is 1.45. The van der Waals surface area contributed by atoms with E-state index in [1.54, 1.807) is 0 Å². The second-order valence-corrected chi connectivity index (χ2v) is 2.19. The summed E-state index contributed by atoms with van der Waals surface area (Å²) in [4.78, 5) is 10.8. The molecule has 0 heterocycles. The van der Waals surface area contributed by atoms with Gasteiger partial charge >= 0.3 is 5.97 Å². The van der Waals surface area contributed by atoms with Crippen LogP contribution in [-0.4, -0.2) is 18.2 Å². The van der Waals surface area contributed by atoms with Crippen molar-refractivity contribution in [3.8, 4) is 5.75 Å². The first kappa shape index (κ1) is 5.19.